The SMILES string of the molecule is Cc1noc(Cn2c(=O)c3c(ncn3[C@@H](C)C(=O)Nc3cccc(-c4cnc(N5CC6CC6C5)nc4)n3)n(C)c2=O)n1. The van der Waals surface area contributed by atoms with Crippen molar-refractivity contribution in [3.8, 4) is 11.3 Å². The lowest BCUT2D eigenvalue weighted by Gasteiger charge is -2.17. The Bertz CT molecular complexity index is 1950. The summed E-state index contributed by atoms with van der Waals surface area (Å²) in [4.78, 5) is 63.9. The van der Waals surface area contributed by atoms with Crippen molar-refractivity contribution < 1.29 is 9.32 Å². The number of pyridine rings is 1. The van der Waals surface area contributed by atoms with Crippen LogP contribution in [0.2, 0.25) is 0 Å². The van der Waals surface area contributed by atoms with Crippen LogP contribution in [0, 0.1) is 18.8 Å². The van der Waals surface area contributed by atoms with Crippen LogP contribution < -0.4 is 21.5 Å². The van der Waals surface area contributed by atoms with E-state index in [2.05, 4.69) is 40.3 Å². The highest BCUT2D eigenvalue weighted by molar-refractivity contribution is 5.93. The smallest absolute Gasteiger partial charge is 0.332 e. The number of anilines is 2. The third-order valence-electron chi connectivity index (χ3n) is 7.91. The molecule has 0 bridgehead atoms. The van der Waals surface area contributed by atoms with E-state index in [1.165, 1.54) is 28.9 Å². The topological polar surface area (TPSA) is 172 Å². The van der Waals surface area contributed by atoms with Gasteiger partial charge in [-0.1, -0.05) is 11.2 Å². The highest BCUT2D eigenvalue weighted by atomic mass is 16.5. The zero-order valence-electron chi connectivity index (χ0n) is 23.1. The predicted molar refractivity (Wildman–Crippen MR) is 150 cm³/mol. The molecule has 1 amide bonds. The number of nitrogens with one attached hydrogen (secondary N) is 1. The Morgan fingerprint density at radius 1 is 1.12 bits per heavy atom. The van der Waals surface area contributed by atoms with Crippen molar-refractivity contribution in [1.82, 2.24) is 43.8 Å². The Morgan fingerprint density at radius 3 is 2.60 bits per heavy atom. The van der Waals surface area contributed by atoms with E-state index in [0.29, 0.717) is 17.3 Å². The third-order valence-corrected chi connectivity index (χ3v) is 7.91. The normalized spacial score (nSPS) is 18.3. The van der Waals surface area contributed by atoms with Gasteiger partial charge in [-0.25, -0.2) is 29.3 Å². The molecule has 0 radical (unpaired) electrons. The number of imidazole rings is 1. The van der Waals surface area contributed by atoms with E-state index in [4.69, 9.17) is 4.52 Å². The van der Waals surface area contributed by atoms with Gasteiger partial charge in [0.25, 0.3) is 5.56 Å². The Labute approximate surface area is 237 Å². The van der Waals surface area contributed by atoms with Gasteiger partial charge in [-0.15, -0.1) is 0 Å². The summed E-state index contributed by atoms with van der Waals surface area (Å²) < 4.78 is 8.75. The maximum absolute atomic E-state index is 13.4. The maximum atomic E-state index is 13.4. The molecular weight excluding hydrogens is 542 g/mol. The quantitative estimate of drug-likeness (QED) is 0.298. The van der Waals surface area contributed by atoms with Crippen LogP contribution in [0.5, 0.6) is 0 Å². The minimum Gasteiger partial charge on any atom is -0.340 e. The van der Waals surface area contributed by atoms with E-state index in [1.807, 2.05) is 6.07 Å². The summed E-state index contributed by atoms with van der Waals surface area (Å²) >= 11 is 0. The zero-order valence-corrected chi connectivity index (χ0v) is 23.1. The number of nitrogens with zero attached hydrogens (tertiary/aromatic N) is 10. The Morgan fingerprint density at radius 2 is 1.88 bits per heavy atom. The van der Waals surface area contributed by atoms with E-state index in [9.17, 15) is 14.4 Å². The Hall–Kier alpha value is -5.21. The second-order valence-corrected chi connectivity index (χ2v) is 10.8. The number of hydrogen-bond acceptors (Lipinski definition) is 11. The molecule has 5 aromatic heterocycles. The van der Waals surface area contributed by atoms with Gasteiger partial charge in [-0.2, -0.15) is 4.98 Å². The summed E-state index contributed by atoms with van der Waals surface area (Å²) in [6.07, 6.45) is 6.16. The van der Waals surface area contributed by atoms with Gasteiger partial charge in [0.1, 0.15) is 18.4 Å². The summed E-state index contributed by atoms with van der Waals surface area (Å²) in [5.74, 6) is 2.69. The monoisotopic (exact) mass is 569 g/mol. The molecule has 2 unspecified atom stereocenters. The number of fused-ring (bicyclic) bond motifs is 2. The fourth-order valence-corrected chi connectivity index (χ4v) is 5.46. The van der Waals surface area contributed by atoms with E-state index in [1.54, 1.807) is 38.4 Å². The molecule has 15 heteroatoms. The summed E-state index contributed by atoms with van der Waals surface area (Å²) in [6, 6.07) is 4.42. The van der Waals surface area contributed by atoms with Crippen molar-refractivity contribution in [1.29, 1.82) is 0 Å². The first-order valence-electron chi connectivity index (χ1n) is 13.6. The van der Waals surface area contributed by atoms with E-state index < -0.39 is 23.2 Å². The van der Waals surface area contributed by atoms with Crippen molar-refractivity contribution in [2.45, 2.75) is 32.9 Å². The molecule has 2 fully saturated rings. The molecule has 1 saturated carbocycles. The average Bonchev–Trinajstić information content (AvgIpc) is 3.33. The summed E-state index contributed by atoms with van der Waals surface area (Å²) in [6.45, 7) is 5.07. The van der Waals surface area contributed by atoms with Gasteiger partial charge in [-0.3, -0.25) is 14.2 Å². The summed E-state index contributed by atoms with van der Waals surface area (Å²) in [7, 11) is 1.50. The maximum Gasteiger partial charge on any atom is 0.332 e. The number of carbonyl (C=O) groups is 1. The molecule has 6 heterocycles. The van der Waals surface area contributed by atoms with Gasteiger partial charge in [0.2, 0.25) is 17.7 Å². The van der Waals surface area contributed by atoms with Crippen molar-refractivity contribution in [2.75, 3.05) is 23.3 Å². The van der Waals surface area contributed by atoms with Gasteiger partial charge >= 0.3 is 5.69 Å². The third kappa shape index (κ3) is 4.42. The molecule has 5 aromatic rings. The Balaban J connectivity index is 1.12. The number of aryl methyl sites for hydroxylation is 2. The lowest BCUT2D eigenvalue weighted by Crippen LogP contribution is -2.40. The average molecular weight is 570 g/mol. The second-order valence-electron chi connectivity index (χ2n) is 10.8. The van der Waals surface area contributed by atoms with Crippen molar-refractivity contribution >= 4 is 28.8 Å². The molecule has 214 valence electrons. The molecular formula is C27H27N11O4. The summed E-state index contributed by atoms with van der Waals surface area (Å²) in [5.41, 5.74) is 0.350. The van der Waals surface area contributed by atoms with E-state index >= 15 is 0 Å². The molecule has 0 aromatic carbocycles. The van der Waals surface area contributed by atoms with Gasteiger partial charge < -0.3 is 19.3 Å². The molecule has 1 N–H and O–H groups in total. The van der Waals surface area contributed by atoms with Crippen molar-refractivity contribution in [3.05, 3.63) is 69.5 Å². The van der Waals surface area contributed by atoms with Crippen LogP contribution in [0.3, 0.4) is 0 Å². The van der Waals surface area contributed by atoms with Crippen LogP contribution in [-0.4, -0.2) is 62.8 Å². The van der Waals surface area contributed by atoms with Crippen molar-refractivity contribution in [2.24, 2.45) is 18.9 Å². The molecule has 1 saturated heterocycles. The standard InChI is InChI=1S/C27H27N11O4/c1-14(38-13-30-23-22(38)25(40)37(27(41)35(23)3)12-21-31-15(2)34-42-21)24(39)33-20-6-4-5-19(32-20)18-8-28-26(29-9-18)36-10-16-7-17(16)11-36/h4-6,8-9,13-14,16-17H,7,10-12H2,1-3H3,(H,32,33,39)/t14-,16?,17?/m0/s1. The van der Waals surface area contributed by atoms with Crippen LogP contribution in [0.15, 0.2) is 51.0 Å². The number of amides is 1. The molecule has 15 nitrogen and oxygen atoms in total. The molecule has 0 spiro atoms. The molecule has 3 atom stereocenters. The minimum absolute atomic E-state index is 0.0882. The zero-order chi connectivity index (χ0) is 29.1. The van der Waals surface area contributed by atoms with Crippen LogP contribution >= 0.6 is 0 Å². The van der Waals surface area contributed by atoms with Gasteiger partial charge in [-0.05, 0) is 44.2 Å². The van der Waals surface area contributed by atoms with Crippen LogP contribution in [-0.2, 0) is 18.4 Å². The molecule has 1 aliphatic heterocycles. The highest BCUT2D eigenvalue weighted by Gasteiger charge is 2.45. The van der Waals surface area contributed by atoms with Gasteiger partial charge in [0.15, 0.2) is 17.0 Å². The highest BCUT2D eigenvalue weighted by Crippen LogP contribution is 2.45. The van der Waals surface area contributed by atoms with Crippen LogP contribution in [0.25, 0.3) is 22.4 Å². The number of aromatic nitrogens is 9. The first-order chi connectivity index (χ1) is 20.3. The van der Waals surface area contributed by atoms with E-state index in [-0.39, 0.29) is 23.6 Å². The molecule has 7 rings (SSSR count). The number of hydrogen-bond donors (Lipinski definition) is 1. The molecule has 1 aliphatic carbocycles. The molecule has 42 heavy (non-hydrogen) atoms. The van der Waals surface area contributed by atoms with Crippen LogP contribution in [0.1, 0.15) is 31.1 Å². The fourth-order valence-electron chi connectivity index (χ4n) is 5.46. The van der Waals surface area contributed by atoms with Gasteiger partial charge in [0, 0.05) is 38.1 Å². The van der Waals surface area contributed by atoms with Gasteiger partial charge in [0.05, 0.1) is 12.0 Å². The lowest BCUT2D eigenvalue weighted by atomic mass is 10.2. The first kappa shape index (κ1) is 25.7. The largest absolute Gasteiger partial charge is 0.340 e. The fraction of sp³-hybridized carbons (Fsp3) is 0.370. The van der Waals surface area contributed by atoms with Crippen molar-refractivity contribution in [3.63, 3.8) is 0 Å². The Kier molecular flexibility index (Phi) is 5.95. The predicted octanol–water partition coefficient (Wildman–Crippen LogP) is 1.14. The lowest BCUT2D eigenvalue weighted by molar-refractivity contribution is -0.118. The number of carbonyl (C=O) groups excluding carboxylic acids is 1. The second kappa shape index (κ2) is 9.71. The summed E-state index contributed by atoms with van der Waals surface area (Å²) in [5, 5.41) is 6.52. The number of rotatable bonds is 7. The van der Waals surface area contributed by atoms with E-state index in [0.717, 1.165) is 41.0 Å². The molecule has 2 aliphatic rings. The minimum atomic E-state index is -0.862. The number of piperidine rings is 1. The van der Waals surface area contributed by atoms with Crippen LogP contribution in [0.4, 0.5) is 11.8 Å². The first-order valence-corrected chi connectivity index (χ1v) is 13.6.